The number of benzene rings is 1. The summed E-state index contributed by atoms with van der Waals surface area (Å²) in [5.41, 5.74) is 0. The van der Waals surface area contributed by atoms with Crippen molar-refractivity contribution in [1.29, 1.82) is 0 Å². The van der Waals surface area contributed by atoms with Crippen LogP contribution >= 0.6 is 0 Å². The highest BCUT2D eigenvalue weighted by molar-refractivity contribution is 5.99. The zero-order valence-corrected chi connectivity index (χ0v) is 9.39. The minimum absolute atomic E-state index is 0.249. The number of ether oxygens (including phenoxy) is 1. The third-order valence-corrected chi connectivity index (χ3v) is 2.43. The molecular formula is C12H14N2O3. The molecule has 1 aromatic rings. The lowest BCUT2D eigenvalue weighted by molar-refractivity contribution is -0.136. The van der Waals surface area contributed by atoms with Gasteiger partial charge in [-0.15, -0.1) is 0 Å². The molecule has 1 saturated heterocycles. The molecule has 90 valence electrons. The Morgan fingerprint density at radius 3 is 2.41 bits per heavy atom. The summed E-state index contributed by atoms with van der Waals surface area (Å²) in [7, 11) is 0. The van der Waals surface area contributed by atoms with Gasteiger partial charge in [0, 0.05) is 6.54 Å². The van der Waals surface area contributed by atoms with E-state index in [0.717, 1.165) is 5.75 Å². The molecule has 0 saturated carbocycles. The van der Waals surface area contributed by atoms with Crippen molar-refractivity contribution in [3.05, 3.63) is 30.3 Å². The summed E-state index contributed by atoms with van der Waals surface area (Å²) in [5.74, 6) is 0.294. The van der Waals surface area contributed by atoms with Gasteiger partial charge >= 0.3 is 0 Å². The van der Waals surface area contributed by atoms with Crippen LogP contribution in [0.2, 0.25) is 0 Å². The molecule has 1 N–H and O–H groups in total. The number of carbonyl (C=O) groups is 2. The Morgan fingerprint density at radius 2 is 1.76 bits per heavy atom. The SMILES string of the molecule is O=C1CN(CCOc2ccccc2)CC(=O)N1. The first kappa shape index (κ1) is 11.6. The zero-order chi connectivity index (χ0) is 12.1. The van der Waals surface area contributed by atoms with Crippen molar-refractivity contribution in [2.45, 2.75) is 0 Å². The Hall–Kier alpha value is -1.88. The van der Waals surface area contributed by atoms with Crippen LogP contribution in [0.1, 0.15) is 0 Å². The predicted molar refractivity (Wildman–Crippen MR) is 61.5 cm³/mol. The molecule has 2 rings (SSSR count). The molecular weight excluding hydrogens is 220 g/mol. The van der Waals surface area contributed by atoms with E-state index in [-0.39, 0.29) is 24.9 Å². The van der Waals surface area contributed by atoms with Crippen molar-refractivity contribution in [3.8, 4) is 5.75 Å². The second-order valence-corrected chi connectivity index (χ2v) is 3.84. The number of nitrogens with zero attached hydrogens (tertiary/aromatic N) is 1. The fourth-order valence-electron chi connectivity index (χ4n) is 1.66. The van der Waals surface area contributed by atoms with E-state index < -0.39 is 0 Å². The molecule has 1 aliphatic rings. The number of hydrogen-bond acceptors (Lipinski definition) is 4. The normalized spacial score (nSPS) is 16.7. The number of piperazine rings is 1. The van der Waals surface area contributed by atoms with E-state index in [1.807, 2.05) is 30.3 Å². The second-order valence-electron chi connectivity index (χ2n) is 3.84. The van der Waals surface area contributed by atoms with E-state index in [1.54, 1.807) is 4.90 Å². The highest BCUT2D eigenvalue weighted by Crippen LogP contribution is 2.08. The average molecular weight is 234 g/mol. The van der Waals surface area contributed by atoms with E-state index in [9.17, 15) is 9.59 Å². The van der Waals surface area contributed by atoms with Crippen molar-refractivity contribution in [1.82, 2.24) is 10.2 Å². The number of carbonyl (C=O) groups excluding carboxylic acids is 2. The van der Waals surface area contributed by atoms with Gasteiger partial charge in [0.25, 0.3) is 0 Å². The van der Waals surface area contributed by atoms with Crippen molar-refractivity contribution >= 4 is 11.8 Å². The van der Waals surface area contributed by atoms with Crippen molar-refractivity contribution in [2.24, 2.45) is 0 Å². The molecule has 0 aromatic heterocycles. The largest absolute Gasteiger partial charge is 0.492 e. The zero-order valence-electron chi connectivity index (χ0n) is 9.39. The van der Waals surface area contributed by atoms with Gasteiger partial charge in [-0.2, -0.15) is 0 Å². The van der Waals surface area contributed by atoms with E-state index in [2.05, 4.69) is 5.32 Å². The Balaban J connectivity index is 1.75. The topological polar surface area (TPSA) is 58.6 Å². The van der Waals surface area contributed by atoms with Crippen LogP contribution in [0.5, 0.6) is 5.75 Å². The lowest BCUT2D eigenvalue weighted by Gasteiger charge is -2.24. The Bertz CT molecular complexity index is 389. The fourth-order valence-corrected chi connectivity index (χ4v) is 1.66. The van der Waals surface area contributed by atoms with Gasteiger partial charge in [-0.1, -0.05) is 18.2 Å². The molecule has 1 fully saturated rings. The van der Waals surface area contributed by atoms with E-state index in [4.69, 9.17) is 4.74 Å². The standard InChI is InChI=1S/C12H14N2O3/c15-11-8-14(9-12(16)13-11)6-7-17-10-4-2-1-3-5-10/h1-5H,6-9H2,(H,13,15,16). The van der Waals surface area contributed by atoms with Gasteiger partial charge in [0.15, 0.2) is 0 Å². The van der Waals surface area contributed by atoms with Gasteiger partial charge < -0.3 is 4.74 Å². The third kappa shape index (κ3) is 3.57. The minimum atomic E-state index is -0.249. The highest BCUT2D eigenvalue weighted by atomic mass is 16.5. The summed E-state index contributed by atoms with van der Waals surface area (Å²) in [6, 6.07) is 9.45. The maximum absolute atomic E-state index is 11.1. The monoisotopic (exact) mass is 234 g/mol. The second kappa shape index (κ2) is 5.45. The summed E-state index contributed by atoms with van der Waals surface area (Å²) in [5, 5.41) is 2.26. The first-order chi connectivity index (χ1) is 8.24. The molecule has 2 amide bonds. The number of amides is 2. The van der Waals surface area contributed by atoms with Crippen LogP contribution in [-0.4, -0.2) is 43.0 Å². The Morgan fingerprint density at radius 1 is 1.12 bits per heavy atom. The van der Waals surface area contributed by atoms with Gasteiger partial charge in [0.2, 0.25) is 11.8 Å². The molecule has 17 heavy (non-hydrogen) atoms. The van der Waals surface area contributed by atoms with Crippen LogP contribution in [0.3, 0.4) is 0 Å². The van der Waals surface area contributed by atoms with Crippen LogP contribution in [-0.2, 0) is 9.59 Å². The maximum atomic E-state index is 11.1. The molecule has 0 spiro atoms. The summed E-state index contributed by atoms with van der Waals surface area (Å²) in [6.45, 7) is 1.53. The average Bonchev–Trinajstić information content (AvgIpc) is 2.29. The predicted octanol–water partition coefficient (Wildman–Crippen LogP) is 0.0238. The maximum Gasteiger partial charge on any atom is 0.240 e. The molecule has 1 aliphatic heterocycles. The van der Waals surface area contributed by atoms with Crippen LogP contribution < -0.4 is 10.1 Å². The molecule has 0 atom stereocenters. The molecule has 0 unspecified atom stereocenters. The number of imide groups is 1. The molecule has 5 nitrogen and oxygen atoms in total. The van der Waals surface area contributed by atoms with Gasteiger partial charge in [0.1, 0.15) is 12.4 Å². The summed E-state index contributed by atoms with van der Waals surface area (Å²) < 4.78 is 5.49. The number of hydrogen-bond donors (Lipinski definition) is 1. The Labute approximate surface area is 99.4 Å². The molecule has 0 aliphatic carbocycles. The van der Waals surface area contributed by atoms with E-state index in [0.29, 0.717) is 13.2 Å². The van der Waals surface area contributed by atoms with Crippen molar-refractivity contribution in [2.75, 3.05) is 26.2 Å². The lowest BCUT2D eigenvalue weighted by Crippen LogP contribution is -2.52. The van der Waals surface area contributed by atoms with Crippen LogP contribution in [0.4, 0.5) is 0 Å². The number of nitrogens with one attached hydrogen (secondary N) is 1. The quantitative estimate of drug-likeness (QED) is 0.746. The number of para-hydroxylation sites is 1. The van der Waals surface area contributed by atoms with Crippen LogP contribution in [0.25, 0.3) is 0 Å². The van der Waals surface area contributed by atoms with E-state index in [1.165, 1.54) is 0 Å². The molecule has 5 heteroatoms. The molecule has 0 radical (unpaired) electrons. The first-order valence-corrected chi connectivity index (χ1v) is 5.47. The summed E-state index contributed by atoms with van der Waals surface area (Å²) in [4.78, 5) is 24.0. The minimum Gasteiger partial charge on any atom is -0.492 e. The van der Waals surface area contributed by atoms with Gasteiger partial charge in [-0.25, -0.2) is 0 Å². The van der Waals surface area contributed by atoms with Crippen LogP contribution in [0, 0.1) is 0 Å². The first-order valence-electron chi connectivity index (χ1n) is 5.47. The molecule has 0 bridgehead atoms. The van der Waals surface area contributed by atoms with Gasteiger partial charge in [0.05, 0.1) is 13.1 Å². The number of rotatable bonds is 4. The smallest absolute Gasteiger partial charge is 0.240 e. The molecule has 1 heterocycles. The third-order valence-electron chi connectivity index (χ3n) is 2.43. The Kier molecular flexibility index (Phi) is 3.72. The lowest BCUT2D eigenvalue weighted by atomic mass is 10.3. The summed E-state index contributed by atoms with van der Waals surface area (Å²) >= 11 is 0. The van der Waals surface area contributed by atoms with Crippen molar-refractivity contribution in [3.63, 3.8) is 0 Å². The van der Waals surface area contributed by atoms with Gasteiger partial charge in [-0.3, -0.25) is 19.8 Å². The molecule has 1 aromatic carbocycles. The van der Waals surface area contributed by atoms with Crippen LogP contribution in [0.15, 0.2) is 30.3 Å². The van der Waals surface area contributed by atoms with Crippen molar-refractivity contribution < 1.29 is 14.3 Å². The fraction of sp³-hybridized carbons (Fsp3) is 0.333. The van der Waals surface area contributed by atoms with Gasteiger partial charge in [-0.05, 0) is 12.1 Å². The highest BCUT2D eigenvalue weighted by Gasteiger charge is 2.21. The van der Waals surface area contributed by atoms with E-state index >= 15 is 0 Å². The summed E-state index contributed by atoms with van der Waals surface area (Å²) in [6.07, 6.45) is 0.